The maximum atomic E-state index is 12.1. The Labute approximate surface area is 274 Å². The molecule has 7 heteroatoms. The zero-order chi connectivity index (χ0) is 33.4. The van der Waals surface area contributed by atoms with Gasteiger partial charge in [-0.1, -0.05) is 127 Å². The van der Waals surface area contributed by atoms with Gasteiger partial charge in [0.05, 0.1) is 18.8 Å². The van der Waals surface area contributed by atoms with E-state index in [1.807, 2.05) is 12.2 Å². The van der Waals surface area contributed by atoms with Crippen LogP contribution in [0.3, 0.4) is 0 Å². The summed E-state index contributed by atoms with van der Waals surface area (Å²) in [5, 5.41) is 29.9. The van der Waals surface area contributed by atoms with Crippen LogP contribution in [0.1, 0.15) is 143 Å². The number of ether oxygens (including phenoxy) is 2. The van der Waals surface area contributed by atoms with Crippen LogP contribution in [0.2, 0.25) is 0 Å². The van der Waals surface area contributed by atoms with Crippen LogP contribution in [0.15, 0.2) is 48.6 Å². The first kappa shape index (κ1) is 42.8. The lowest BCUT2D eigenvalue weighted by molar-refractivity contribution is -0.161. The molecule has 0 aromatic carbocycles. The lowest BCUT2D eigenvalue weighted by Gasteiger charge is -2.17. The summed E-state index contributed by atoms with van der Waals surface area (Å²) in [7, 11) is 0. The molecule has 0 fully saturated rings. The molecule has 0 bridgehead atoms. The van der Waals surface area contributed by atoms with E-state index in [9.17, 15) is 24.9 Å². The molecule has 0 aromatic heterocycles. The molecule has 0 amide bonds. The minimum absolute atomic E-state index is 0.0672. The van der Waals surface area contributed by atoms with Gasteiger partial charge in [-0.05, 0) is 57.3 Å². The summed E-state index contributed by atoms with van der Waals surface area (Å²) in [5.74, 6) is -0.0494. The standard InChI is InChI=1S/C38H66O7/c1-4-6-7-8-9-10-11-12-13-17-20-23-27-35(40)36(41)28-25-30-37(42)44-32-34(31-39)45-38(43)29-24-21-18-15-14-16-19-22-26-33(3)5-2/h6-7,9-10,12-13,20,23,33-36,39-41H,4-5,8,11,14-19,21-22,24-32H2,1-3H3/b7-6-,10-9-,13-12-,23-20-/t33?,34-,35-,36-/m0/s1. The van der Waals surface area contributed by atoms with Crippen LogP contribution < -0.4 is 0 Å². The lowest BCUT2D eigenvalue weighted by atomic mass is 9.99. The number of rotatable bonds is 30. The Morgan fingerprint density at radius 3 is 1.76 bits per heavy atom. The number of unbranched alkanes of at least 4 members (excludes halogenated alkanes) is 7. The SMILES string of the molecule is CC/C=C\C/C=C\C/C=C\C/C=C\C[C@H](O)[C@@H](O)CCCC(=O)OC[C@H](CO)OC(=O)CCCCCCCCCCC(C)CC. The summed E-state index contributed by atoms with van der Waals surface area (Å²) in [5.41, 5.74) is 0. The molecule has 0 saturated heterocycles. The highest BCUT2D eigenvalue weighted by Crippen LogP contribution is 2.15. The molecule has 0 aliphatic rings. The maximum Gasteiger partial charge on any atom is 0.306 e. The smallest absolute Gasteiger partial charge is 0.306 e. The molecule has 1 unspecified atom stereocenters. The number of hydrogen-bond acceptors (Lipinski definition) is 7. The van der Waals surface area contributed by atoms with Crippen LogP contribution in [0, 0.1) is 5.92 Å². The predicted octanol–water partition coefficient (Wildman–Crippen LogP) is 8.47. The molecule has 0 aliphatic carbocycles. The maximum absolute atomic E-state index is 12.1. The fourth-order valence-electron chi connectivity index (χ4n) is 4.67. The van der Waals surface area contributed by atoms with Gasteiger partial charge in [-0.2, -0.15) is 0 Å². The van der Waals surface area contributed by atoms with E-state index in [2.05, 4.69) is 57.2 Å². The van der Waals surface area contributed by atoms with Gasteiger partial charge in [0.15, 0.2) is 6.10 Å². The first-order valence-electron chi connectivity index (χ1n) is 17.8. The van der Waals surface area contributed by atoms with E-state index in [1.54, 1.807) is 0 Å². The molecule has 0 radical (unpaired) electrons. The lowest BCUT2D eigenvalue weighted by Crippen LogP contribution is -2.28. The number of carbonyl (C=O) groups excluding carboxylic acids is 2. The Bertz CT molecular complexity index is 817. The summed E-state index contributed by atoms with van der Waals surface area (Å²) in [6.07, 6.45) is 30.6. The first-order valence-corrected chi connectivity index (χ1v) is 17.8. The van der Waals surface area contributed by atoms with Crippen molar-refractivity contribution in [3.63, 3.8) is 0 Å². The van der Waals surface area contributed by atoms with Gasteiger partial charge in [-0.25, -0.2) is 0 Å². The average Bonchev–Trinajstić information content (AvgIpc) is 3.03. The molecule has 0 aromatic rings. The Morgan fingerprint density at radius 2 is 1.18 bits per heavy atom. The molecule has 0 heterocycles. The summed E-state index contributed by atoms with van der Waals surface area (Å²) in [6, 6.07) is 0. The zero-order valence-electron chi connectivity index (χ0n) is 28.8. The van der Waals surface area contributed by atoms with Gasteiger partial charge >= 0.3 is 11.9 Å². The topological polar surface area (TPSA) is 113 Å². The first-order chi connectivity index (χ1) is 21.8. The molecule has 0 aliphatic heterocycles. The summed E-state index contributed by atoms with van der Waals surface area (Å²) in [4.78, 5) is 24.2. The molecular weight excluding hydrogens is 568 g/mol. The van der Waals surface area contributed by atoms with Crippen LogP contribution in [0.4, 0.5) is 0 Å². The third kappa shape index (κ3) is 29.0. The molecule has 3 N–H and O–H groups in total. The van der Waals surface area contributed by atoms with Crippen LogP contribution in [-0.2, 0) is 19.1 Å². The Balaban J connectivity index is 3.89. The predicted molar refractivity (Wildman–Crippen MR) is 185 cm³/mol. The Hall–Kier alpha value is -2.22. The van der Waals surface area contributed by atoms with Gasteiger partial charge in [0.2, 0.25) is 0 Å². The van der Waals surface area contributed by atoms with Crippen molar-refractivity contribution in [3.8, 4) is 0 Å². The number of allylic oxidation sites excluding steroid dienone is 7. The molecule has 45 heavy (non-hydrogen) atoms. The van der Waals surface area contributed by atoms with E-state index in [4.69, 9.17) is 9.47 Å². The summed E-state index contributed by atoms with van der Waals surface area (Å²) < 4.78 is 10.4. The fourth-order valence-corrected chi connectivity index (χ4v) is 4.67. The summed E-state index contributed by atoms with van der Waals surface area (Å²) in [6.45, 7) is 6.07. The molecule has 0 spiro atoms. The molecule has 0 saturated carbocycles. The average molecular weight is 635 g/mol. The molecular formula is C38H66O7. The second-order valence-corrected chi connectivity index (χ2v) is 12.1. The van der Waals surface area contributed by atoms with Crippen LogP contribution in [-0.4, -0.2) is 58.8 Å². The van der Waals surface area contributed by atoms with Crippen molar-refractivity contribution in [3.05, 3.63) is 48.6 Å². The minimum atomic E-state index is -0.935. The van der Waals surface area contributed by atoms with E-state index in [1.165, 1.54) is 44.9 Å². The van der Waals surface area contributed by atoms with Gasteiger partial charge in [0, 0.05) is 12.8 Å². The Morgan fingerprint density at radius 1 is 0.644 bits per heavy atom. The highest BCUT2D eigenvalue weighted by molar-refractivity contribution is 5.70. The monoisotopic (exact) mass is 634 g/mol. The van der Waals surface area contributed by atoms with Crippen molar-refractivity contribution in [1.82, 2.24) is 0 Å². The van der Waals surface area contributed by atoms with Crippen LogP contribution in [0.5, 0.6) is 0 Å². The largest absolute Gasteiger partial charge is 0.462 e. The van der Waals surface area contributed by atoms with Crippen molar-refractivity contribution < 1.29 is 34.4 Å². The van der Waals surface area contributed by atoms with Gasteiger partial charge in [0.1, 0.15) is 6.61 Å². The van der Waals surface area contributed by atoms with Gasteiger partial charge < -0.3 is 24.8 Å². The van der Waals surface area contributed by atoms with Crippen molar-refractivity contribution in [2.24, 2.45) is 5.92 Å². The second-order valence-electron chi connectivity index (χ2n) is 12.1. The van der Waals surface area contributed by atoms with Crippen LogP contribution in [0.25, 0.3) is 0 Å². The van der Waals surface area contributed by atoms with E-state index < -0.39 is 30.9 Å². The van der Waals surface area contributed by atoms with Gasteiger partial charge in [0.25, 0.3) is 0 Å². The highest BCUT2D eigenvalue weighted by atomic mass is 16.6. The normalized spacial score (nSPS) is 14.9. The van der Waals surface area contributed by atoms with E-state index >= 15 is 0 Å². The van der Waals surface area contributed by atoms with Gasteiger partial charge in [-0.15, -0.1) is 0 Å². The van der Waals surface area contributed by atoms with Crippen molar-refractivity contribution >= 4 is 11.9 Å². The van der Waals surface area contributed by atoms with Crippen molar-refractivity contribution in [1.29, 1.82) is 0 Å². The van der Waals surface area contributed by atoms with E-state index in [-0.39, 0.29) is 25.4 Å². The fraction of sp³-hybridized carbons (Fsp3) is 0.737. The minimum Gasteiger partial charge on any atom is -0.462 e. The third-order valence-electron chi connectivity index (χ3n) is 7.88. The van der Waals surface area contributed by atoms with Gasteiger partial charge in [-0.3, -0.25) is 9.59 Å². The number of aliphatic hydroxyl groups is 3. The third-order valence-corrected chi connectivity index (χ3v) is 7.88. The molecule has 260 valence electrons. The second kappa shape index (κ2) is 31.7. The van der Waals surface area contributed by atoms with Crippen molar-refractivity contribution in [2.45, 2.75) is 161 Å². The van der Waals surface area contributed by atoms with E-state index in [0.29, 0.717) is 19.3 Å². The molecule has 4 atom stereocenters. The van der Waals surface area contributed by atoms with E-state index in [0.717, 1.165) is 50.9 Å². The Kier molecular flexibility index (Phi) is 30.2. The number of esters is 2. The quantitative estimate of drug-likeness (QED) is 0.0413. The number of carbonyl (C=O) groups is 2. The number of hydrogen-bond donors (Lipinski definition) is 3. The molecule has 7 nitrogen and oxygen atoms in total. The van der Waals surface area contributed by atoms with Crippen LogP contribution >= 0.6 is 0 Å². The summed E-state index contributed by atoms with van der Waals surface area (Å²) >= 11 is 0. The highest BCUT2D eigenvalue weighted by Gasteiger charge is 2.18. The molecule has 0 rings (SSSR count). The number of aliphatic hydroxyl groups excluding tert-OH is 3. The zero-order valence-corrected chi connectivity index (χ0v) is 28.8. The van der Waals surface area contributed by atoms with Crippen molar-refractivity contribution in [2.75, 3.05) is 13.2 Å².